The molecule has 0 atom stereocenters. The topological polar surface area (TPSA) is 20.3 Å². The molecule has 5 heteroatoms. The molecule has 0 fully saturated rings. The van der Waals surface area contributed by atoms with Crippen LogP contribution in [0.3, 0.4) is 0 Å². The van der Waals surface area contributed by atoms with Crippen LogP contribution >= 0.6 is 34.8 Å². The van der Waals surface area contributed by atoms with Gasteiger partial charge in [0.15, 0.2) is 0 Å². The van der Waals surface area contributed by atoms with Gasteiger partial charge < -0.3 is 4.90 Å². The Hall–Kier alpha value is 0.0800. The molecule has 1 rings (SSSR count). The van der Waals surface area contributed by atoms with E-state index in [1.165, 1.54) is 4.90 Å². The van der Waals surface area contributed by atoms with Crippen LogP contribution in [-0.4, -0.2) is 27.7 Å². The maximum Gasteiger partial charge on any atom is 0.275 e. The molecule has 0 aromatic rings. The van der Waals surface area contributed by atoms with Gasteiger partial charge in [-0.1, -0.05) is 47.0 Å². The Kier molecular flexibility index (Phi) is 2.68. The molecule has 0 bridgehead atoms. The Labute approximate surface area is 79.7 Å². The number of nitrogens with zero attached hydrogens (tertiary/aromatic N) is 1. The molecule has 0 saturated carbocycles. The van der Waals surface area contributed by atoms with E-state index in [0.29, 0.717) is 13.1 Å². The minimum atomic E-state index is -1.81. The number of amides is 1. The predicted molar refractivity (Wildman–Crippen MR) is 46.0 cm³/mol. The Morgan fingerprint density at radius 1 is 1.27 bits per heavy atom. The highest BCUT2D eigenvalue weighted by atomic mass is 35.6. The summed E-state index contributed by atoms with van der Waals surface area (Å²) < 4.78 is -1.81. The first-order chi connectivity index (χ1) is 5.02. The Morgan fingerprint density at radius 3 is 2.09 bits per heavy atom. The summed E-state index contributed by atoms with van der Waals surface area (Å²) in [6.07, 6.45) is 3.71. The molecule has 1 aliphatic rings. The molecule has 0 unspecified atom stereocenters. The quantitative estimate of drug-likeness (QED) is 0.444. The van der Waals surface area contributed by atoms with Crippen LogP contribution in [0.4, 0.5) is 0 Å². The van der Waals surface area contributed by atoms with Gasteiger partial charge in [0.2, 0.25) is 0 Å². The summed E-state index contributed by atoms with van der Waals surface area (Å²) in [6, 6.07) is 0. The van der Waals surface area contributed by atoms with E-state index in [9.17, 15) is 4.79 Å². The first-order valence-corrected chi connectivity index (χ1v) is 4.16. The zero-order valence-corrected chi connectivity index (χ0v) is 7.83. The van der Waals surface area contributed by atoms with Crippen LogP contribution in [0.25, 0.3) is 0 Å². The van der Waals surface area contributed by atoms with Gasteiger partial charge in [0.1, 0.15) is 0 Å². The molecule has 0 radical (unpaired) electrons. The summed E-state index contributed by atoms with van der Waals surface area (Å²) >= 11 is 16.1. The minimum absolute atomic E-state index is 0.465. The van der Waals surface area contributed by atoms with Gasteiger partial charge in [0.25, 0.3) is 9.70 Å². The van der Waals surface area contributed by atoms with Gasteiger partial charge >= 0.3 is 0 Å². The number of carbonyl (C=O) groups is 1. The largest absolute Gasteiger partial charge is 0.332 e. The number of hydrogen-bond donors (Lipinski definition) is 0. The Bertz CT molecular complexity index is 188. The third kappa shape index (κ3) is 2.26. The SMILES string of the molecule is O=C(N1CC=CC1)C(Cl)(Cl)Cl. The summed E-state index contributed by atoms with van der Waals surface area (Å²) in [4.78, 5) is 12.6. The van der Waals surface area contributed by atoms with Crippen molar-refractivity contribution in [1.29, 1.82) is 0 Å². The van der Waals surface area contributed by atoms with Crippen molar-refractivity contribution < 1.29 is 4.79 Å². The van der Waals surface area contributed by atoms with Crippen molar-refractivity contribution >= 4 is 40.7 Å². The molecular weight excluding hydrogens is 208 g/mol. The molecule has 62 valence electrons. The molecule has 0 saturated heterocycles. The van der Waals surface area contributed by atoms with Gasteiger partial charge in [0.05, 0.1) is 0 Å². The van der Waals surface area contributed by atoms with Gasteiger partial charge in [-0.25, -0.2) is 0 Å². The highest BCUT2D eigenvalue weighted by Gasteiger charge is 2.34. The highest BCUT2D eigenvalue weighted by molar-refractivity contribution is 6.76. The smallest absolute Gasteiger partial charge is 0.275 e. The lowest BCUT2D eigenvalue weighted by Crippen LogP contribution is -2.37. The number of alkyl halides is 3. The van der Waals surface area contributed by atoms with Crippen molar-refractivity contribution in [2.45, 2.75) is 3.79 Å². The number of carbonyl (C=O) groups excluding carboxylic acids is 1. The molecular formula is C6H6Cl3NO. The second kappa shape index (κ2) is 3.21. The lowest BCUT2D eigenvalue weighted by Gasteiger charge is -2.19. The first kappa shape index (κ1) is 9.17. The molecule has 1 heterocycles. The van der Waals surface area contributed by atoms with E-state index in [0.717, 1.165) is 0 Å². The molecule has 2 nitrogen and oxygen atoms in total. The second-order valence-electron chi connectivity index (χ2n) is 2.18. The predicted octanol–water partition coefficient (Wildman–Crippen LogP) is 1.75. The van der Waals surface area contributed by atoms with E-state index >= 15 is 0 Å². The monoisotopic (exact) mass is 213 g/mol. The summed E-state index contributed by atoms with van der Waals surface area (Å²) in [5, 5.41) is 0. The zero-order valence-electron chi connectivity index (χ0n) is 5.56. The van der Waals surface area contributed by atoms with Crippen molar-refractivity contribution in [3.05, 3.63) is 12.2 Å². The molecule has 11 heavy (non-hydrogen) atoms. The maximum atomic E-state index is 11.2. The number of halogens is 3. The van der Waals surface area contributed by atoms with Gasteiger partial charge in [0, 0.05) is 13.1 Å². The van der Waals surface area contributed by atoms with Crippen LogP contribution in [0.2, 0.25) is 0 Å². The Balaban J connectivity index is 2.55. The van der Waals surface area contributed by atoms with Crippen LogP contribution in [0, 0.1) is 0 Å². The van der Waals surface area contributed by atoms with Gasteiger partial charge in [-0.2, -0.15) is 0 Å². The molecule has 0 spiro atoms. The Morgan fingerprint density at radius 2 is 1.73 bits per heavy atom. The molecule has 1 amide bonds. The third-order valence-corrected chi connectivity index (χ3v) is 1.83. The van der Waals surface area contributed by atoms with E-state index in [4.69, 9.17) is 34.8 Å². The van der Waals surface area contributed by atoms with E-state index < -0.39 is 9.70 Å². The van der Waals surface area contributed by atoms with E-state index in [1.54, 1.807) is 0 Å². The summed E-state index contributed by atoms with van der Waals surface area (Å²) in [7, 11) is 0. The van der Waals surface area contributed by atoms with Crippen molar-refractivity contribution in [1.82, 2.24) is 4.90 Å². The third-order valence-electron chi connectivity index (χ3n) is 1.35. The minimum Gasteiger partial charge on any atom is -0.332 e. The summed E-state index contributed by atoms with van der Waals surface area (Å²) in [5.41, 5.74) is 0. The maximum absolute atomic E-state index is 11.2. The molecule has 1 aliphatic heterocycles. The second-order valence-corrected chi connectivity index (χ2v) is 4.46. The van der Waals surface area contributed by atoms with Crippen LogP contribution in [-0.2, 0) is 4.79 Å². The van der Waals surface area contributed by atoms with Crippen molar-refractivity contribution in [3.63, 3.8) is 0 Å². The lowest BCUT2D eigenvalue weighted by molar-refractivity contribution is -0.128. The van der Waals surface area contributed by atoms with Crippen LogP contribution in [0.1, 0.15) is 0 Å². The van der Waals surface area contributed by atoms with Crippen LogP contribution in [0.15, 0.2) is 12.2 Å². The fourth-order valence-electron chi connectivity index (χ4n) is 0.823. The van der Waals surface area contributed by atoms with E-state index in [1.807, 2.05) is 12.2 Å². The molecule has 0 aromatic heterocycles. The highest BCUT2D eigenvalue weighted by Crippen LogP contribution is 2.28. The van der Waals surface area contributed by atoms with Crippen LogP contribution in [0.5, 0.6) is 0 Å². The summed E-state index contributed by atoms with van der Waals surface area (Å²) in [5.74, 6) is -0.465. The molecule has 0 aromatic carbocycles. The van der Waals surface area contributed by atoms with Gasteiger partial charge in [-0.3, -0.25) is 4.79 Å². The van der Waals surface area contributed by atoms with Crippen molar-refractivity contribution in [2.24, 2.45) is 0 Å². The average molecular weight is 214 g/mol. The zero-order chi connectivity index (χ0) is 8.48. The van der Waals surface area contributed by atoms with Crippen molar-refractivity contribution in [3.8, 4) is 0 Å². The number of rotatable bonds is 0. The fraction of sp³-hybridized carbons (Fsp3) is 0.500. The molecule has 0 aliphatic carbocycles. The normalized spacial score (nSPS) is 17.5. The van der Waals surface area contributed by atoms with Crippen molar-refractivity contribution in [2.75, 3.05) is 13.1 Å². The van der Waals surface area contributed by atoms with E-state index in [2.05, 4.69) is 0 Å². The molecule has 0 N–H and O–H groups in total. The lowest BCUT2D eigenvalue weighted by atomic mass is 10.5. The average Bonchev–Trinajstić information content (AvgIpc) is 2.34. The summed E-state index contributed by atoms with van der Waals surface area (Å²) in [6.45, 7) is 1.07. The fourth-order valence-corrected chi connectivity index (χ4v) is 1.18. The van der Waals surface area contributed by atoms with E-state index in [-0.39, 0.29) is 0 Å². The van der Waals surface area contributed by atoms with Gasteiger partial charge in [-0.05, 0) is 0 Å². The van der Waals surface area contributed by atoms with Crippen LogP contribution < -0.4 is 0 Å². The standard InChI is InChI=1S/C6H6Cl3NO/c7-6(8,9)5(11)10-3-1-2-4-10/h1-2H,3-4H2. The van der Waals surface area contributed by atoms with Gasteiger partial charge in [-0.15, -0.1) is 0 Å². The first-order valence-electron chi connectivity index (χ1n) is 3.03. The number of hydrogen-bond acceptors (Lipinski definition) is 1.